The molecule has 0 fully saturated rings. The van der Waals surface area contributed by atoms with Crippen molar-refractivity contribution >= 4 is 0 Å². The highest BCUT2D eigenvalue weighted by Gasteiger charge is 2.25. The first-order valence-electron chi connectivity index (χ1n) is 6.41. The zero-order valence-corrected chi connectivity index (χ0v) is 11.1. The maximum atomic E-state index is 9.51. The molecular weight excluding hydrogens is 212 g/mol. The molecule has 3 nitrogen and oxygen atoms in total. The topological polar surface area (TPSA) is 45.1 Å². The van der Waals surface area contributed by atoms with Crippen molar-refractivity contribution in [1.82, 2.24) is 10.3 Å². The van der Waals surface area contributed by atoms with Crippen molar-refractivity contribution in [1.29, 1.82) is 0 Å². The lowest BCUT2D eigenvalue weighted by atomic mass is 9.83. The number of rotatable bonds is 7. The van der Waals surface area contributed by atoms with Crippen LogP contribution < -0.4 is 5.32 Å². The SMILES string of the molecule is CCC(CC)(CO)CNC(C)c1cccnc1. The van der Waals surface area contributed by atoms with E-state index in [0.29, 0.717) is 0 Å². The van der Waals surface area contributed by atoms with Crippen LogP contribution >= 0.6 is 0 Å². The molecule has 1 aromatic rings. The van der Waals surface area contributed by atoms with Crippen molar-refractivity contribution in [3.8, 4) is 0 Å². The van der Waals surface area contributed by atoms with Gasteiger partial charge in [-0.15, -0.1) is 0 Å². The summed E-state index contributed by atoms with van der Waals surface area (Å²) in [4.78, 5) is 4.12. The third-order valence-electron chi connectivity index (χ3n) is 3.80. The Balaban J connectivity index is 2.55. The summed E-state index contributed by atoms with van der Waals surface area (Å²) < 4.78 is 0. The zero-order valence-electron chi connectivity index (χ0n) is 11.1. The fourth-order valence-electron chi connectivity index (χ4n) is 1.90. The monoisotopic (exact) mass is 236 g/mol. The van der Waals surface area contributed by atoms with Crippen LogP contribution in [0.2, 0.25) is 0 Å². The molecule has 0 saturated heterocycles. The molecule has 0 bridgehead atoms. The van der Waals surface area contributed by atoms with Crippen molar-refractivity contribution in [2.24, 2.45) is 5.41 Å². The summed E-state index contributed by atoms with van der Waals surface area (Å²) in [6.45, 7) is 7.48. The Kier molecular flexibility index (Phi) is 5.59. The molecule has 0 aromatic carbocycles. The standard InChI is InChI=1S/C14H24N2O/c1-4-14(5-2,11-17)10-16-12(3)13-7-6-8-15-9-13/h6-9,12,16-17H,4-5,10-11H2,1-3H3. The molecule has 0 aliphatic carbocycles. The molecule has 1 aromatic heterocycles. The van der Waals surface area contributed by atoms with Crippen LogP contribution in [0.1, 0.15) is 45.2 Å². The van der Waals surface area contributed by atoms with Crippen LogP contribution in [0.25, 0.3) is 0 Å². The molecule has 1 atom stereocenters. The second kappa shape index (κ2) is 6.72. The van der Waals surface area contributed by atoms with E-state index in [1.165, 1.54) is 5.56 Å². The van der Waals surface area contributed by atoms with E-state index >= 15 is 0 Å². The van der Waals surface area contributed by atoms with Crippen molar-refractivity contribution in [2.75, 3.05) is 13.2 Å². The first-order valence-corrected chi connectivity index (χ1v) is 6.41. The first-order chi connectivity index (χ1) is 8.17. The van der Waals surface area contributed by atoms with Crippen molar-refractivity contribution < 1.29 is 5.11 Å². The van der Waals surface area contributed by atoms with Gasteiger partial charge in [0.25, 0.3) is 0 Å². The van der Waals surface area contributed by atoms with E-state index in [2.05, 4.69) is 37.1 Å². The van der Waals surface area contributed by atoms with Crippen LogP contribution in [0.3, 0.4) is 0 Å². The molecule has 17 heavy (non-hydrogen) atoms. The molecule has 3 heteroatoms. The van der Waals surface area contributed by atoms with Crippen LogP contribution in [0, 0.1) is 5.41 Å². The summed E-state index contributed by atoms with van der Waals surface area (Å²) in [5.74, 6) is 0. The van der Waals surface area contributed by atoms with Crippen LogP contribution in [-0.2, 0) is 0 Å². The summed E-state index contributed by atoms with van der Waals surface area (Å²) in [6, 6.07) is 4.29. The lowest BCUT2D eigenvalue weighted by molar-refractivity contribution is 0.110. The second-order valence-corrected chi connectivity index (χ2v) is 4.75. The number of hydrogen-bond donors (Lipinski definition) is 2. The summed E-state index contributed by atoms with van der Waals surface area (Å²) in [5, 5.41) is 13.0. The lowest BCUT2D eigenvalue weighted by Gasteiger charge is -2.31. The smallest absolute Gasteiger partial charge is 0.0499 e. The van der Waals surface area contributed by atoms with Crippen molar-refractivity contribution in [2.45, 2.75) is 39.7 Å². The highest BCUT2D eigenvalue weighted by molar-refractivity contribution is 5.12. The van der Waals surface area contributed by atoms with E-state index in [4.69, 9.17) is 0 Å². The number of pyridine rings is 1. The lowest BCUT2D eigenvalue weighted by Crippen LogP contribution is -2.37. The Morgan fingerprint density at radius 3 is 2.59 bits per heavy atom. The highest BCUT2D eigenvalue weighted by Crippen LogP contribution is 2.25. The predicted molar refractivity (Wildman–Crippen MR) is 70.8 cm³/mol. The maximum Gasteiger partial charge on any atom is 0.0499 e. The number of nitrogens with one attached hydrogen (secondary N) is 1. The van der Waals surface area contributed by atoms with E-state index in [9.17, 15) is 5.11 Å². The maximum absolute atomic E-state index is 9.51. The number of hydrogen-bond acceptors (Lipinski definition) is 3. The van der Waals surface area contributed by atoms with Gasteiger partial charge in [0.15, 0.2) is 0 Å². The van der Waals surface area contributed by atoms with Gasteiger partial charge in [-0.3, -0.25) is 4.98 Å². The van der Waals surface area contributed by atoms with Gasteiger partial charge in [0, 0.05) is 37.0 Å². The average molecular weight is 236 g/mol. The number of nitrogens with zero attached hydrogens (tertiary/aromatic N) is 1. The molecule has 96 valence electrons. The molecule has 0 amide bonds. The van der Waals surface area contributed by atoms with Gasteiger partial charge in [0.1, 0.15) is 0 Å². The van der Waals surface area contributed by atoms with E-state index in [1.54, 1.807) is 6.20 Å². The Morgan fingerprint density at radius 2 is 2.12 bits per heavy atom. The molecule has 0 spiro atoms. The van der Waals surface area contributed by atoms with Gasteiger partial charge in [-0.25, -0.2) is 0 Å². The molecule has 0 saturated carbocycles. The average Bonchev–Trinajstić information content (AvgIpc) is 2.41. The molecule has 2 N–H and O–H groups in total. The molecular formula is C14H24N2O. The Hall–Kier alpha value is -0.930. The minimum atomic E-state index is 0.0104. The Bertz CT molecular complexity index is 301. The minimum absolute atomic E-state index is 0.0104. The fraction of sp³-hybridized carbons (Fsp3) is 0.643. The van der Waals surface area contributed by atoms with Gasteiger partial charge in [-0.2, -0.15) is 0 Å². The summed E-state index contributed by atoms with van der Waals surface area (Å²) in [7, 11) is 0. The largest absolute Gasteiger partial charge is 0.396 e. The van der Waals surface area contributed by atoms with Crippen molar-refractivity contribution in [3.05, 3.63) is 30.1 Å². The molecule has 1 heterocycles. The van der Waals surface area contributed by atoms with Gasteiger partial charge >= 0.3 is 0 Å². The third-order valence-corrected chi connectivity index (χ3v) is 3.80. The van der Waals surface area contributed by atoms with E-state index in [0.717, 1.165) is 19.4 Å². The van der Waals surface area contributed by atoms with Crippen molar-refractivity contribution in [3.63, 3.8) is 0 Å². The van der Waals surface area contributed by atoms with Gasteiger partial charge < -0.3 is 10.4 Å². The van der Waals surface area contributed by atoms with E-state index < -0.39 is 0 Å². The normalized spacial score (nSPS) is 13.6. The second-order valence-electron chi connectivity index (χ2n) is 4.75. The molecule has 0 radical (unpaired) electrons. The molecule has 1 rings (SSSR count). The van der Waals surface area contributed by atoms with Gasteiger partial charge in [0.2, 0.25) is 0 Å². The highest BCUT2D eigenvalue weighted by atomic mass is 16.3. The molecule has 0 aliphatic rings. The van der Waals surface area contributed by atoms with E-state index in [1.807, 2.05) is 12.3 Å². The molecule has 1 unspecified atom stereocenters. The van der Waals surface area contributed by atoms with Crippen LogP contribution in [0.5, 0.6) is 0 Å². The van der Waals surface area contributed by atoms with E-state index in [-0.39, 0.29) is 18.1 Å². The number of aliphatic hydroxyl groups excluding tert-OH is 1. The first kappa shape index (κ1) is 14.1. The quantitative estimate of drug-likeness (QED) is 0.764. The summed E-state index contributed by atoms with van der Waals surface area (Å²) >= 11 is 0. The van der Waals surface area contributed by atoms with Gasteiger partial charge in [-0.05, 0) is 31.4 Å². The van der Waals surface area contributed by atoms with Crippen LogP contribution in [0.4, 0.5) is 0 Å². The van der Waals surface area contributed by atoms with Gasteiger partial charge in [-0.1, -0.05) is 19.9 Å². The number of aromatic nitrogens is 1. The van der Waals surface area contributed by atoms with Gasteiger partial charge in [0.05, 0.1) is 0 Å². The Labute approximate surface area is 104 Å². The zero-order chi connectivity index (χ0) is 12.7. The summed E-state index contributed by atoms with van der Waals surface area (Å²) in [5.41, 5.74) is 1.20. The van der Waals surface area contributed by atoms with Crippen LogP contribution in [-0.4, -0.2) is 23.2 Å². The number of aliphatic hydroxyl groups is 1. The summed E-state index contributed by atoms with van der Waals surface area (Å²) in [6.07, 6.45) is 5.65. The minimum Gasteiger partial charge on any atom is -0.396 e. The third kappa shape index (κ3) is 3.79. The fourth-order valence-corrected chi connectivity index (χ4v) is 1.90. The van der Waals surface area contributed by atoms with Crippen LogP contribution in [0.15, 0.2) is 24.5 Å². The Morgan fingerprint density at radius 1 is 1.41 bits per heavy atom. The molecule has 0 aliphatic heterocycles. The predicted octanol–water partition coefficient (Wildman–Crippen LogP) is 2.53.